The second-order valence-corrected chi connectivity index (χ2v) is 6.49. The van der Waals surface area contributed by atoms with Crippen LogP contribution in [0, 0.1) is 0 Å². The maximum absolute atomic E-state index is 11.2. The Morgan fingerprint density at radius 1 is 1.00 bits per heavy atom. The molecular weight excluding hydrogens is 358 g/mol. The lowest BCUT2D eigenvalue weighted by molar-refractivity contribution is 0.555. The number of nitrogens with one attached hydrogen (secondary N) is 2. The molecule has 0 spiro atoms. The van der Waals surface area contributed by atoms with Crippen LogP contribution in [0.4, 0.5) is 0 Å². The summed E-state index contributed by atoms with van der Waals surface area (Å²) in [7, 11) is 0. The van der Waals surface area contributed by atoms with Gasteiger partial charge in [-0.25, -0.2) is 4.79 Å². The zero-order valence-corrected chi connectivity index (χ0v) is 16.0. The van der Waals surface area contributed by atoms with Gasteiger partial charge in [0.1, 0.15) is 0 Å². The molecular formula is C21H21N3O2S. The normalized spacial score (nSPS) is 10.4. The highest BCUT2D eigenvalue weighted by Gasteiger charge is 2.04. The van der Waals surface area contributed by atoms with Crippen LogP contribution in [0.2, 0.25) is 0 Å². The molecule has 0 aliphatic carbocycles. The maximum atomic E-state index is 11.2. The van der Waals surface area contributed by atoms with Crippen LogP contribution >= 0.6 is 11.9 Å². The molecule has 4 aromatic rings. The maximum Gasteiger partial charge on any atom is 0.417 e. The number of pyridine rings is 1. The molecule has 2 N–H and O–H groups in total. The molecule has 5 nitrogen and oxygen atoms in total. The Hall–Kier alpha value is -2.83. The predicted molar refractivity (Wildman–Crippen MR) is 111 cm³/mol. The van der Waals surface area contributed by atoms with E-state index in [1.807, 2.05) is 44.2 Å². The highest BCUT2D eigenvalue weighted by molar-refractivity contribution is 7.97. The number of aromatic amines is 1. The summed E-state index contributed by atoms with van der Waals surface area (Å²) in [5.41, 5.74) is 4.59. The average molecular weight is 379 g/mol. The van der Waals surface area contributed by atoms with Crippen LogP contribution in [0.15, 0.2) is 81.1 Å². The summed E-state index contributed by atoms with van der Waals surface area (Å²) >= 11 is 1.59. The number of benzene rings is 2. The van der Waals surface area contributed by atoms with E-state index in [4.69, 9.17) is 4.42 Å². The van der Waals surface area contributed by atoms with Crippen molar-refractivity contribution in [1.82, 2.24) is 14.7 Å². The molecule has 27 heavy (non-hydrogen) atoms. The minimum absolute atomic E-state index is 0.431. The fourth-order valence-corrected chi connectivity index (χ4v) is 3.23. The summed E-state index contributed by atoms with van der Waals surface area (Å²) < 4.78 is 8.37. The first kappa shape index (κ1) is 18.9. The molecule has 0 aliphatic heterocycles. The van der Waals surface area contributed by atoms with E-state index in [-0.39, 0.29) is 0 Å². The summed E-state index contributed by atoms with van der Waals surface area (Å²) in [6.45, 7) is 4.78. The first-order chi connectivity index (χ1) is 13.3. The Labute approximate surface area is 162 Å². The number of nitrogens with zero attached hydrogens (tertiary/aromatic N) is 1. The van der Waals surface area contributed by atoms with Gasteiger partial charge in [-0.05, 0) is 65.0 Å². The molecule has 138 valence electrons. The van der Waals surface area contributed by atoms with E-state index in [9.17, 15) is 4.79 Å². The van der Waals surface area contributed by atoms with Crippen molar-refractivity contribution in [1.29, 1.82) is 0 Å². The van der Waals surface area contributed by atoms with Gasteiger partial charge in [-0.2, -0.15) is 0 Å². The van der Waals surface area contributed by atoms with Gasteiger partial charge in [0, 0.05) is 23.8 Å². The van der Waals surface area contributed by atoms with E-state index in [2.05, 4.69) is 39.0 Å². The zero-order chi connectivity index (χ0) is 19.1. The third kappa shape index (κ3) is 4.87. The van der Waals surface area contributed by atoms with E-state index in [1.54, 1.807) is 24.3 Å². The fraction of sp³-hybridized carbons (Fsp3) is 0.143. The largest absolute Gasteiger partial charge is 0.417 e. The molecule has 6 heteroatoms. The SMILES string of the molecule is CC.O=c1[nH]c2cc(-c3ccc(SNCc4ccncc4)cc3)ccc2o1. The number of hydrogen-bond donors (Lipinski definition) is 2. The molecule has 0 fully saturated rings. The van der Waals surface area contributed by atoms with Gasteiger partial charge in [0.15, 0.2) is 5.58 Å². The van der Waals surface area contributed by atoms with Crippen LogP contribution in [0.3, 0.4) is 0 Å². The Kier molecular flexibility index (Phi) is 6.46. The van der Waals surface area contributed by atoms with Crippen molar-refractivity contribution in [2.45, 2.75) is 25.3 Å². The number of fused-ring (bicyclic) bond motifs is 1. The molecule has 0 saturated heterocycles. The van der Waals surface area contributed by atoms with Gasteiger partial charge < -0.3 is 4.42 Å². The van der Waals surface area contributed by atoms with Gasteiger partial charge in [0.05, 0.1) is 5.52 Å². The van der Waals surface area contributed by atoms with Crippen LogP contribution in [-0.4, -0.2) is 9.97 Å². The summed E-state index contributed by atoms with van der Waals surface area (Å²) in [6.07, 6.45) is 3.58. The summed E-state index contributed by atoms with van der Waals surface area (Å²) in [4.78, 5) is 19.1. The van der Waals surface area contributed by atoms with E-state index < -0.39 is 5.76 Å². The van der Waals surface area contributed by atoms with Gasteiger partial charge in [-0.3, -0.25) is 14.7 Å². The van der Waals surface area contributed by atoms with E-state index in [0.29, 0.717) is 11.1 Å². The van der Waals surface area contributed by atoms with Crippen molar-refractivity contribution < 1.29 is 4.42 Å². The standard InChI is InChI=1S/C19H15N3O2S.C2H6/c23-19-22-17-11-15(3-6-18(17)24-19)14-1-4-16(5-2-14)25-21-12-13-7-9-20-10-8-13;1-2/h1-11,21H,12H2,(H,22,23);1-2H3. The molecule has 0 saturated carbocycles. The smallest absolute Gasteiger partial charge is 0.408 e. The van der Waals surface area contributed by atoms with Crippen molar-refractivity contribution in [3.05, 3.63) is 83.1 Å². The monoisotopic (exact) mass is 379 g/mol. The zero-order valence-electron chi connectivity index (χ0n) is 15.2. The molecule has 2 heterocycles. The van der Waals surface area contributed by atoms with Gasteiger partial charge >= 0.3 is 5.76 Å². The number of hydrogen-bond acceptors (Lipinski definition) is 5. The van der Waals surface area contributed by atoms with E-state index in [1.165, 1.54) is 5.56 Å². The second-order valence-electron chi connectivity index (χ2n) is 5.53. The molecule has 0 amide bonds. The van der Waals surface area contributed by atoms with Crippen molar-refractivity contribution in [2.75, 3.05) is 0 Å². The first-order valence-electron chi connectivity index (χ1n) is 8.80. The van der Waals surface area contributed by atoms with Gasteiger partial charge in [-0.1, -0.05) is 32.0 Å². The van der Waals surface area contributed by atoms with Gasteiger partial charge in [0.2, 0.25) is 0 Å². The number of oxazole rings is 1. The Bertz CT molecular complexity index is 1040. The van der Waals surface area contributed by atoms with Crippen molar-refractivity contribution in [3.63, 3.8) is 0 Å². The Balaban J connectivity index is 0.00000102. The molecule has 2 aromatic carbocycles. The molecule has 0 radical (unpaired) electrons. The predicted octanol–water partition coefficient (Wildman–Crippen LogP) is 5.01. The van der Waals surface area contributed by atoms with Crippen molar-refractivity contribution in [2.24, 2.45) is 0 Å². The third-order valence-corrected chi connectivity index (χ3v) is 4.62. The number of H-pyrrole nitrogens is 1. The minimum atomic E-state index is -0.431. The van der Waals surface area contributed by atoms with E-state index in [0.717, 1.165) is 22.6 Å². The van der Waals surface area contributed by atoms with Crippen LogP contribution < -0.4 is 10.5 Å². The second kappa shape index (κ2) is 9.21. The average Bonchev–Trinajstić information content (AvgIpc) is 3.10. The summed E-state index contributed by atoms with van der Waals surface area (Å²) in [5.74, 6) is -0.431. The molecule has 4 rings (SSSR count). The van der Waals surface area contributed by atoms with Crippen LogP contribution in [0.25, 0.3) is 22.2 Å². The summed E-state index contributed by atoms with van der Waals surface area (Å²) in [6, 6.07) is 17.9. The van der Waals surface area contributed by atoms with Crippen molar-refractivity contribution >= 4 is 23.0 Å². The Morgan fingerprint density at radius 2 is 1.70 bits per heavy atom. The molecule has 0 unspecified atom stereocenters. The van der Waals surface area contributed by atoms with E-state index >= 15 is 0 Å². The minimum Gasteiger partial charge on any atom is -0.408 e. The quantitative estimate of drug-likeness (QED) is 0.477. The van der Waals surface area contributed by atoms with Gasteiger partial charge in [-0.15, -0.1) is 0 Å². The lowest BCUT2D eigenvalue weighted by Gasteiger charge is -2.06. The lowest BCUT2D eigenvalue weighted by Crippen LogP contribution is -2.02. The van der Waals surface area contributed by atoms with Gasteiger partial charge in [0.25, 0.3) is 0 Å². The highest BCUT2D eigenvalue weighted by Crippen LogP contribution is 2.25. The van der Waals surface area contributed by atoms with Crippen LogP contribution in [0.5, 0.6) is 0 Å². The molecule has 2 aromatic heterocycles. The first-order valence-corrected chi connectivity index (χ1v) is 9.61. The highest BCUT2D eigenvalue weighted by atomic mass is 32.2. The number of aromatic nitrogens is 2. The third-order valence-electron chi connectivity index (χ3n) is 3.82. The lowest BCUT2D eigenvalue weighted by atomic mass is 10.1. The van der Waals surface area contributed by atoms with Crippen molar-refractivity contribution in [3.8, 4) is 11.1 Å². The topological polar surface area (TPSA) is 70.9 Å². The fourth-order valence-electron chi connectivity index (χ4n) is 2.55. The number of rotatable bonds is 5. The summed E-state index contributed by atoms with van der Waals surface area (Å²) in [5, 5.41) is 0. The molecule has 0 aliphatic rings. The Morgan fingerprint density at radius 3 is 2.44 bits per heavy atom. The molecule has 0 atom stereocenters. The molecule has 0 bridgehead atoms. The van der Waals surface area contributed by atoms with Crippen LogP contribution in [-0.2, 0) is 6.54 Å². The van der Waals surface area contributed by atoms with Crippen LogP contribution in [0.1, 0.15) is 19.4 Å².